The number of aliphatic hydroxyl groups is 1. The molecule has 0 heterocycles. The number of urea groups is 1. The highest BCUT2D eigenvalue weighted by Gasteiger charge is 2.12. The number of rotatable bonds is 5. The Kier molecular flexibility index (Phi) is 5.27. The van der Waals surface area contributed by atoms with Crippen molar-refractivity contribution in [3.63, 3.8) is 0 Å². The number of non-ortho nitro benzene ring substituents is 1. The van der Waals surface area contributed by atoms with Crippen LogP contribution in [0, 0.1) is 17.0 Å². The summed E-state index contributed by atoms with van der Waals surface area (Å²) in [5, 5.41) is 25.8. The fraction of sp³-hybridized carbons (Fsp3) is 0.188. The quantitative estimate of drug-likeness (QED) is 0.583. The van der Waals surface area contributed by atoms with Crippen molar-refractivity contribution >= 4 is 17.4 Å². The molecule has 3 N–H and O–H groups in total. The molecule has 0 aliphatic heterocycles. The van der Waals surface area contributed by atoms with Crippen LogP contribution in [0.3, 0.4) is 0 Å². The fourth-order valence-electron chi connectivity index (χ4n) is 2.01. The van der Waals surface area contributed by atoms with Crippen molar-refractivity contribution in [3.8, 4) is 0 Å². The van der Waals surface area contributed by atoms with Gasteiger partial charge < -0.3 is 15.7 Å². The van der Waals surface area contributed by atoms with E-state index >= 15 is 0 Å². The molecule has 2 aromatic carbocycles. The highest BCUT2D eigenvalue weighted by atomic mass is 16.6. The van der Waals surface area contributed by atoms with E-state index in [0.717, 1.165) is 0 Å². The summed E-state index contributed by atoms with van der Waals surface area (Å²) >= 11 is 0. The molecule has 0 radical (unpaired) electrons. The van der Waals surface area contributed by atoms with Crippen molar-refractivity contribution < 1.29 is 14.8 Å². The first-order chi connectivity index (χ1) is 11.0. The maximum Gasteiger partial charge on any atom is 0.319 e. The molecular weight excluding hydrogens is 298 g/mol. The average molecular weight is 315 g/mol. The molecule has 2 aromatic rings. The molecule has 0 aliphatic rings. The van der Waals surface area contributed by atoms with Crippen molar-refractivity contribution in [1.29, 1.82) is 0 Å². The first kappa shape index (κ1) is 16.4. The molecule has 0 aliphatic carbocycles. The first-order valence-corrected chi connectivity index (χ1v) is 7.00. The summed E-state index contributed by atoms with van der Waals surface area (Å²) in [7, 11) is 0. The van der Waals surface area contributed by atoms with E-state index in [1.54, 1.807) is 37.3 Å². The summed E-state index contributed by atoms with van der Waals surface area (Å²) in [6, 6.07) is 12.6. The minimum atomic E-state index is -0.826. The topological polar surface area (TPSA) is 105 Å². The van der Waals surface area contributed by atoms with Crippen molar-refractivity contribution in [1.82, 2.24) is 5.32 Å². The van der Waals surface area contributed by atoms with Gasteiger partial charge in [-0.3, -0.25) is 10.1 Å². The third-order valence-electron chi connectivity index (χ3n) is 3.32. The van der Waals surface area contributed by atoms with Gasteiger partial charge in [0.2, 0.25) is 0 Å². The van der Waals surface area contributed by atoms with Gasteiger partial charge in [-0.15, -0.1) is 0 Å². The Morgan fingerprint density at radius 1 is 1.26 bits per heavy atom. The normalized spacial score (nSPS) is 11.6. The smallest absolute Gasteiger partial charge is 0.319 e. The van der Waals surface area contributed by atoms with Crippen LogP contribution in [-0.4, -0.2) is 22.6 Å². The second-order valence-electron chi connectivity index (χ2n) is 5.02. The fourth-order valence-corrected chi connectivity index (χ4v) is 2.01. The zero-order valence-corrected chi connectivity index (χ0v) is 12.5. The van der Waals surface area contributed by atoms with Crippen LogP contribution in [0.4, 0.5) is 16.2 Å². The number of carbonyl (C=O) groups is 1. The summed E-state index contributed by atoms with van der Waals surface area (Å²) < 4.78 is 0. The molecule has 2 amide bonds. The van der Waals surface area contributed by atoms with E-state index in [1.165, 1.54) is 12.1 Å². The Balaban J connectivity index is 1.95. The molecule has 0 bridgehead atoms. The minimum Gasteiger partial charge on any atom is -0.387 e. The van der Waals surface area contributed by atoms with E-state index in [0.29, 0.717) is 16.8 Å². The number of carbonyl (C=O) groups excluding carboxylic acids is 1. The highest BCUT2D eigenvalue weighted by Crippen LogP contribution is 2.21. The van der Waals surface area contributed by atoms with Gasteiger partial charge in [0.1, 0.15) is 0 Å². The van der Waals surface area contributed by atoms with E-state index in [9.17, 15) is 20.0 Å². The van der Waals surface area contributed by atoms with Gasteiger partial charge in [-0.1, -0.05) is 36.4 Å². The van der Waals surface area contributed by atoms with Gasteiger partial charge in [0.05, 0.1) is 16.7 Å². The lowest BCUT2D eigenvalue weighted by molar-refractivity contribution is -0.384. The Bertz CT molecular complexity index is 704. The molecule has 0 spiro atoms. The van der Waals surface area contributed by atoms with Gasteiger partial charge in [0, 0.05) is 18.7 Å². The SMILES string of the molecule is Cc1ccc([N+](=O)[O-])cc1NC(=O)NC[C@H](O)c1ccccc1. The number of amides is 2. The molecule has 0 aromatic heterocycles. The lowest BCUT2D eigenvalue weighted by Crippen LogP contribution is -2.32. The molecule has 7 nitrogen and oxygen atoms in total. The molecule has 0 saturated heterocycles. The molecule has 2 rings (SSSR count). The number of nitro benzene ring substituents is 1. The number of aliphatic hydroxyl groups excluding tert-OH is 1. The number of anilines is 1. The maximum atomic E-state index is 11.9. The van der Waals surface area contributed by atoms with Crippen LogP contribution in [0.5, 0.6) is 0 Å². The highest BCUT2D eigenvalue weighted by molar-refractivity contribution is 5.90. The maximum absolute atomic E-state index is 11.9. The van der Waals surface area contributed by atoms with Crippen LogP contribution in [0.25, 0.3) is 0 Å². The lowest BCUT2D eigenvalue weighted by Gasteiger charge is -2.13. The van der Waals surface area contributed by atoms with E-state index in [-0.39, 0.29) is 12.2 Å². The van der Waals surface area contributed by atoms with Crippen LogP contribution in [0.1, 0.15) is 17.2 Å². The van der Waals surface area contributed by atoms with E-state index < -0.39 is 17.1 Å². The average Bonchev–Trinajstić information content (AvgIpc) is 2.55. The Hall–Kier alpha value is -2.93. The predicted molar refractivity (Wildman–Crippen MR) is 86.3 cm³/mol. The van der Waals surface area contributed by atoms with Crippen LogP contribution in [0.2, 0.25) is 0 Å². The third kappa shape index (κ3) is 4.52. The van der Waals surface area contributed by atoms with Gasteiger partial charge in [0.25, 0.3) is 5.69 Å². The van der Waals surface area contributed by atoms with Crippen molar-refractivity contribution in [2.45, 2.75) is 13.0 Å². The second-order valence-corrected chi connectivity index (χ2v) is 5.02. The minimum absolute atomic E-state index is 0.0316. The van der Waals surface area contributed by atoms with Crippen LogP contribution < -0.4 is 10.6 Å². The lowest BCUT2D eigenvalue weighted by atomic mass is 10.1. The molecule has 7 heteroatoms. The van der Waals surface area contributed by atoms with Gasteiger partial charge in [-0.25, -0.2) is 4.79 Å². The largest absolute Gasteiger partial charge is 0.387 e. The van der Waals surface area contributed by atoms with E-state index in [1.807, 2.05) is 6.07 Å². The monoisotopic (exact) mass is 315 g/mol. The zero-order valence-electron chi connectivity index (χ0n) is 12.5. The molecule has 0 saturated carbocycles. The number of nitrogens with zero attached hydrogens (tertiary/aromatic N) is 1. The van der Waals surface area contributed by atoms with Crippen molar-refractivity contribution in [2.75, 3.05) is 11.9 Å². The molecule has 23 heavy (non-hydrogen) atoms. The Labute approximate surface area is 133 Å². The number of aryl methyl sites for hydroxylation is 1. The zero-order chi connectivity index (χ0) is 16.8. The number of nitrogens with one attached hydrogen (secondary N) is 2. The van der Waals surface area contributed by atoms with Gasteiger partial charge in [-0.05, 0) is 18.1 Å². The van der Waals surface area contributed by atoms with Crippen LogP contribution >= 0.6 is 0 Å². The van der Waals surface area contributed by atoms with Crippen LogP contribution in [-0.2, 0) is 0 Å². The molecule has 120 valence electrons. The second kappa shape index (κ2) is 7.37. The number of hydrogen-bond donors (Lipinski definition) is 3. The van der Waals surface area contributed by atoms with Gasteiger partial charge in [0.15, 0.2) is 0 Å². The van der Waals surface area contributed by atoms with Gasteiger partial charge in [-0.2, -0.15) is 0 Å². The molecule has 0 unspecified atom stereocenters. The molecular formula is C16H17N3O4. The summed E-state index contributed by atoms with van der Waals surface area (Å²) in [5.41, 5.74) is 1.65. The third-order valence-corrected chi connectivity index (χ3v) is 3.32. The predicted octanol–water partition coefficient (Wildman–Crippen LogP) is 2.76. The Morgan fingerprint density at radius 3 is 2.61 bits per heavy atom. The van der Waals surface area contributed by atoms with Crippen molar-refractivity contribution in [2.24, 2.45) is 0 Å². The Morgan fingerprint density at radius 2 is 1.96 bits per heavy atom. The van der Waals surface area contributed by atoms with Crippen molar-refractivity contribution in [3.05, 3.63) is 69.8 Å². The van der Waals surface area contributed by atoms with E-state index in [2.05, 4.69) is 10.6 Å². The summed E-state index contributed by atoms with van der Waals surface area (Å²) in [4.78, 5) is 22.1. The summed E-state index contributed by atoms with van der Waals surface area (Å²) in [6.45, 7) is 1.77. The number of nitro groups is 1. The summed E-state index contributed by atoms with van der Waals surface area (Å²) in [5.74, 6) is 0. The standard InChI is InChI=1S/C16H17N3O4/c1-11-7-8-13(19(22)23)9-14(11)18-16(21)17-10-15(20)12-5-3-2-4-6-12/h2-9,15,20H,10H2,1H3,(H2,17,18,21)/t15-/m0/s1. The summed E-state index contributed by atoms with van der Waals surface area (Å²) in [6.07, 6.45) is -0.826. The van der Waals surface area contributed by atoms with Gasteiger partial charge >= 0.3 is 6.03 Å². The number of benzene rings is 2. The van der Waals surface area contributed by atoms with Crippen LogP contribution in [0.15, 0.2) is 48.5 Å². The molecule has 1 atom stereocenters. The van der Waals surface area contributed by atoms with E-state index in [4.69, 9.17) is 0 Å². The number of hydrogen-bond acceptors (Lipinski definition) is 4. The first-order valence-electron chi connectivity index (χ1n) is 7.00. The molecule has 0 fully saturated rings.